The molecule has 4 atom stereocenters. The van der Waals surface area contributed by atoms with Crippen molar-refractivity contribution in [2.24, 2.45) is 11.8 Å². The Morgan fingerprint density at radius 3 is 2.33 bits per heavy atom. The molecule has 1 N–H and O–H groups in total. The number of nitrogens with zero attached hydrogens (tertiary/aromatic N) is 6. The molecule has 2 fully saturated rings. The molecule has 2 aliphatic rings. The number of alkyl halides is 6. The molecule has 4 heterocycles. The van der Waals surface area contributed by atoms with Gasteiger partial charge in [0, 0.05) is 25.6 Å². The lowest BCUT2D eigenvalue weighted by atomic mass is 9.78. The van der Waals surface area contributed by atoms with E-state index in [-0.39, 0.29) is 17.8 Å². The topological polar surface area (TPSA) is 93.6 Å². The zero-order valence-corrected chi connectivity index (χ0v) is 19.5. The average molecular weight is 519 g/mol. The fourth-order valence-electron chi connectivity index (χ4n) is 5.08. The van der Waals surface area contributed by atoms with Crippen molar-refractivity contribution in [2.75, 3.05) is 23.3 Å². The van der Waals surface area contributed by atoms with Crippen molar-refractivity contribution in [3.63, 3.8) is 0 Å². The standard InChI is InChI=1S/C21H23F6N7O2/c1-10(20(22,23)24)35-14-6-7-15(21(25,26)27)34-16(14)28-17(32-34)29-19(3)12-4-5-13(19)9-33(8-12)18-31-30-11(2)36-18/h6-7,10,12-13H,4-5,8-9H2,1-3H3,(H,29,32)/t10?,12-,13+,19-. The number of pyridine rings is 1. The van der Waals surface area contributed by atoms with Crippen LogP contribution in [0.3, 0.4) is 0 Å². The number of rotatable bonds is 5. The fraction of sp³-hybridized carbons (Fsp3) is 0.619. The third-order valence-electron chi connectivity index (χ3n) is 7.11. The molecular weight excluding hydrogens is 496 g/mol. The summed E-state index contributed by atoms with van der Waals surface area (Å²) in [7, 11) is 0. The first-order chi connectivity index (χ1) is 16.8. The predicted octanol–water partition coefficient (Wildman–Crippen LogP) is 4.49. The molecule has 5 rings (SSSR count). The smallest absolute Gasteiger partial charge is 0.433 e. The van der Waals surface area contributed by atoms with Gasteiger partial charge in [0.15, 0.2) is 17.5 Å². The largest absolute Gasteiger partial charge is 0.477 e. The summed E-state index contributed by atoms with van der Waals surface area (Å²) in [6, 6.07) is 1.86. The number of piperidine rings is 1. The number of aryl methyl sites for hydroxylation is 1. The van der Waals surface area contributed by atoms with E-state index in [1.807, 2.05) is 11.8 Å². The van der Waals surface area contributed by atoms with Gasteiger partial charge < -0.3 is 19.4 Å². The Balaban J connectivity index is 1.46. The van der Waals surface area contributed by atoms with Crippen LogP contribution in [0.2, 0.25) is 0 Å². The van der Waals surface area contributed by atoms with Crippen LogP contribution in [0.1, 0.15) is 38.3 Å². The molecule has 15 heteroatoms. The van der Waals surface area contributed by atoms with Gasteiger partial charge in [0.05, 0.1) is 0 Å². The van der Waals surface area contributed by atoms with E-state index in [0.717, 1.165) is 25.8 Å². The molecule has 1 aliphatic heterocycles. The number of fused-ring (bicyclic) bond motifs is 3. The van der Waals surface area contributed by atoms with E-state index in [1.165, 1.54) is 0 Å². The molecule has 0 amide bonds. The zero-order chi connectivity index (χ0) is 26.0. The van der Waals surface area contributed by atoms with Gasteiger partial charge in [-0.15, -0.1) is 10.2 Å². The van der Waals surface area contributed by atoms with Gasteiger partial charge >= 0.3 is 18.4 Å². The molecule has 1 saturated heterocycles. The SMILES string of the molecule is Cc1nnc(N2C[C@H]3CC[C@@H](C2)[C@]3(C)Nc2nc3c(OC(C)C(F)(F)F)ccc(C(F)(F)F)n3n2)o1. The lowest BCUT2D eigenvalue weighted by Gasteiger charge is -2.45. The van der Waals surface area contributed by atoms with E-state index in [9.17, 15) is 26.3 Å². The Labute approximate surface area is 200 Å². The van der Waals surface area contributed by atoms with Crippen molar-refractivity contribution in [3.8, 4) is 5.75 Å². The summed E-state index contributed by atoms with van der Waals surface area (Å²) >= 11 is 0. The van der Waals surface area contributed by atoms with Gasteiger partial charge in [-0.1, -0.05) is 5.10 Å². The van der Waals surface area contributed by atoms with E-state index in [1.54, 1.807) is 6.92 Å². The second kappa shape index (κ2) is 8.13. The second-order valence-corrected chi connectivity index (χ2v) is 9.44. The van der Waals surface area contributed by atoms with Crippen LogP contribution in [0.4, 0.5) is 38.3 Å². The van der Waals surface area contributed by atoms with Crippen LogP contribution >= 0.6 is 0 Å². The maximum atomic E-state index is 13.6. The Kier molecular flexibility index (Phi) is 5.52. The number of aromatic nitrogens is 5. The van der Waals surface area contributed by atoms with E-state index >= 15 is 0 Å². The van der Waals surface area contributed by atoms with Crippen molar-refractivity contribution in [1.82, 2.24) is 24.8 Å². The van der Waals surface area contributed by atoms with Gasteiger partial charge in [-0.3, -0.25) is 0 Å². The molecule has 1 unspecified atom stereocenters. The van der Waals surface area contributed by atoms with Gasteiger partial charge in [0.1, 0.15) is 5.69 Å². The van der Waals surface area contributed by atoms with Crippen LogP contribution in [0, 0.1) is 18.8 Å². The molecule has 3 aromatic heterocycles. The normalized spacial score (nSPS) is 25.4. The summed E-state index contributed by atoms with van der Waals surface area (Å²) < 4.78 is 91.0. The van der Waals surface area contributed by atoms with Crippen LogP contribution < -0.4 is 15.0 Å². The minimum absolute atomic E-state index is 0.0538. The Hall–Kier alpha value is -3.26. The lowest BCUT2D eigenvalue weighted by Crippen LogP contribution is -2.56. The highest BCUT2D eigenvalue weighted by Crippen LogP contribution is 2.47. The third kappa shape index (κ3) is 4.17. The van der Waals surface area contributed by atoms with Gasteiger partial charge in [-0.25, -0.2) is 4.52 Å². The molecular formula is C21H23F6N7O2. The van der Waals surface area contributed by atoms with Gasteiger partial charge in [0.25, 0.3) is 0 Å². The maximum absolute atomic E-state index is 13.6. The van der Waals surface area contributed by atoms with Crippen molar-refractivity contribution in [1.29, 1.82) is 0 Å². The van der Waals surface area contributed by atoms with E-state index < -0.39 is 41.1 Å². The summed E-state index contributed by atoms with van der Waals surface area (Å²) in [6.07, 6.45) is -10.1. The quantitative estimate of drug-likeness (QED) is 0.493. The lowest BCUT2D eigenvalue weighted by molar-refractivity contribution is -0.189. The number of anilines is 2. The number of hydrogen-bond donors (Lipinski definition) is 1. The molecule has 9 nitrogen and oxygen atoms in total. The number of halogens is 6. The molecule has 3 aromatic rings. The highest BCUT2D eigenvalue weighted by molar-refractivity contribution is 5.58. The van der Waals surface area contributed by atoms with Crippen molar-refractivity contribution in [3.05, 3.63) is 23.7 Å². The van der Waals surface area contributed by atoms with E-state index in [2.05, 4.69) is 25.6 Å². The Bertz CT molecular complexity index is 1260. The summed E-state index contributed by atoms with van der Waals surface area (Å²) in [4.78, 5) is 6.11. The van der Waals surface area contributed by atoms with Crippen LogP contribution in [0.15, 0.2) is 16.5 Å². The van der Waals surface area contributed by atoms with Crippen LogP contribution in [0.5, 0.6) is 5.75 Å². The first-order valence-electron chi connectivity index (χ1n) is 11.3. The third-order valence-corrected chi connectivity index (χ3v) is 7.11. The molecule has 1 saturated carbocycles. The second-order valence-electron chi connectivity index (χ2n) is 9.44. The Morgan fingerprint density at radius 1 is 1.11 bits per heavy atom. The summed E-state index contributed by atoms with van der Waals surface area (Å²) in [5.74, 6) is -0.0342. The number of hydrogen-bond acceptors (Lipinski definition) is 8. The van der Waals surface area contributed by atoms with Gasteiger partial charge in [-0.2, -0.15) is 31.3 Å². The molecule has 0 radical (unpaired) electrons. The highest BCUT2D eigenvalue weighted by atomic mass is 19.4. The van der Waals surface area contributed by atoms with Gasteiger partial charge in [-0.05, 0) is 50.7 Å². The summed E-state index contributed by atoms with van der Waals surface area (Å²) in [6.45, 7) is 5.55. The van der Waals surface area contributed by atoms with Crippen LogP contribution in [0.25, 0.3) is 5.65 Å². The predicted molar refractivity (Wildman–Crippen MR) is 114 cm³/mol. The van der Waals surface area contributed by atoms with Crippen LogP contribution in [-0.4, -0.2) is 55.7 Å². The monoisotopic (exact) mass is 519 g/mol. The average Bonchev–Trinajstić information content (AvgIpc) is 3.40. The van der Waals surface area contributed by atoms with Crippen LogP contribution in [-0.2, 0) is 6.18 Å². The van der Waals surface area contributed by atoms with Crippen molar-refractivity contribution >= 4 is 17.6 Å². The number of ether oxygens (including phenoxy) is 1. The molecule has 0 aromatic carbocycles. The highest BCUT2D eigenvalue weighted by Gasteiger charge is 2.52. The number of nitrogens with one attached hydrogen (secondary N) is 1. The molecule has 196 valence electrons. The first-order valence-corrected chi connectivity index (χ1v) is 11.3. The first kappa shape index (κ1) is 24.4. The molecule has 36 heavy (non-hydrogen) atoms. The fourth-order valence-corrected chi connectivity index (χ4v) is 5.08. The van der Waals surface area contributed by atoms with Crippen molar-refractivity contribution < 1.29 is 35.5 Å². The van der Waals surface area contributed by atoms with E-state index in [4.69, 9.17) is 9.15 Å². The van der Waals surface area contributed by atoms with E-state index in [0.29, 0.717) is 35.6 Å². The van der Waals surface area contributed by atoms with Gasteiger partial charge in [0.2, 0.25) is 11.8 Å². The molecule has 2 bridgehead atoms. The molecule has 0 spiro atoms. The minimum Gasteiger partial charge on any atom is -0.477 e. The van der Waals surface area contributed by atoms with Crippen molar-refractivity contribution in [2.45, 2.75) is 57.6 Å². The maximum Gasteiger partial charge on any atom is 0.433 e. The Morgan fingerprint density at radius 2 is 1.78 bits per heavy atom. The summed E-state index contributed by atoms with van der Waals surface area (Å²) in [5, 5.41) is 15.1. The minimum atomic E-state index is -4.81. The molecule has 1 aliphatic carbocycles. The summed E-state index contributed by atoms with van der Waals surface area (Å²) in [5.41, 5.74) is -2.22. The zero-order valence-electron chi connectivity index (χ0n) is 19.5.